The predicted molar refractivity (Wildman–Crippen MR) is 195 cm³/mol. The Labute approximate surface area is 328 Å². The molecule has 0 unspecified atom stereocenters. The van der Waals surface area contributed by atoms with Crippen molar-refractivity contribution in [1.29, 1.82) is 0 Å². The summed E-state index contributed by atoms with van der Waals surface area (Å²) in [5.74, 6) is -1.75. The van der Waals surface area contributed by atoms with Gasteiger partial charge in [-0.05, 0) is 27.7 Å². The molecule has 0 radical (unpaired) electrons. The standard InChI is InChI=1S/C38H54O19/c1-18(11-7-13-20(3)34(50)56-37-32(48)29(45)26(42)23(16-40)54-37)9-5-6-10-19(2)12-8-14-21(4)35(51)57-38-33(49)30(46)27(43)24(55-38)17-52-36-31(47)28(44)25(41)22(15-39)53-36/h5-14,22-33,36-49H,15-17H2,1-4H3/b6-5+,11-7+,12-8+,18-9+,19-10+,20-13+,21-14+/t22-,23+,24+,25-,26+,27+,28+,29-,30-,31-,32+,33+,36-,37+,38-/m0/s1. The van der Waals surface area contributed by atoms with Crippen molar-refractivity contribution >= 4 is 11.9 Å². The number of rotatable bonds is 15. The van der Waals surface area contributed by atoms with E-state index in [1.54, 1.807) is 55.5 Å². The fourth-order valence-corrected chi connectivity index (χ4v) is 5.46. The highest BCUT2D eigenvalue weighted by molar-refractivity contribution is 5.88. The van der Waals surface area contributed by atoms with Crippen molar-refractivity contribution < 1.29 is 94.2 Å². The minimum Gasteiger partial charge on any atom is -0.429 e. The van der Waals surface area contributed by atoms with Gasteiger partial charge in [-0.1, -0.05) is 71.9 Å². The van der Waals surface area contributed by atoms with Gasteiger partial charge in [-0.15, -0.1) is 0 Å². The molecule has 11 N–H and O–H groups in total. The first-order valence-electron chi connectivity index (χ1n) is 18.0. The number of esters is 2. The largest absolute Gasteiger partial charge is 0.429 e. The summed E-state index contributed by atoms with van der Waals surface area (Å²) in [5, 5.41) is 110. The maximum absolute atomic E-state index is 12.7. The average Bonchev–Trinajstić information content (AvgIpc) is 3.18. The molecule has 3 saturated heterocycles. The molecule has 0 spiro atoms. The van der Waals surface area contributed by atoms with E-state index in [1.165, 1.54) is 26.0 Å². The third-order valence-electron chi connectivity index (χ3n) is 9.12. The molecule has 0 saturated carbocycles. The van der Waals surface area contributed by atoms with E-state index in [4.69, 9.17) is 28.4 Å². The van der Waals surface area contributed by atoms with Gasteiger partial charge in [-0.3, -0.25) is 0 Å². The number of hydrogen-bond donors (Lipinski definition) is 11. The molecule has 320 valence electrons. The lowest BCUT2D eigenvalue weighted by atomic mass is 9.98. The fourth-order valence-electron chi connectivity index (χ4n) is 5.46. The molecule has 19 nitrogen and oxygen atoms in total. The van der Waals surface area contributed by atoms with Crippen LogP contribution >= 0.6 is 0 Å². The zero-order valence-electron chi connectivity index (χ0n) is 31.7. The Morgan fingerprint density at radius 2 is 0.825 bits per heavy atom. The number of hydrogen-bond acceptors (Lipinski definition) is 19. The van der Waals surface area contributed by atoms with Gasteiger partial charge in [0.25, 0.3) is 0 Å². The summed E-state index contributed by atoms with van der Waals surface area (Å²) in [6.07, 6.45) is -7.55. The lowest BCUT2D eigenvalue weighted by molar-refractivity contribution is -0.326. The number of carbonyl (C=O) groups excluding carboxylic acids is 2. The summed E-state index contributed by atoms with van der Waals surface area (Å²) in [7, 11) is 0. The molecular formula is C38H54O19. The molecule has 3 aliphatic rings. The lowest BCUT2D eigenvalue weighted by Gasteiger charge is -2.42. The summed E-state index contributed by atoms with van der Waals surface area (Å²) in [4.78, 5) is 25.2. The first-order valence-corrected chi connectivity index (χ1v) is 18.0. The Hall–Kier alpha value is -3.48. The van der Waals surface area contributed by atoms with Crippen molar-refractivity contribution in [2.75, 3.05) is 19.8 Å². The molecule has 0 aromatic heterocycles. The first-order chi connectivity index (χ1) is 26.9. The zero-order valence-corrected chi connectivity index (χ0v) is 31.7. The van der Waals surface area contributed by atoms with Crippen LogP contribution in [-0.4, -0.2) is 180 Å². The third-order valence-corrected chi connectivity index (χ3v) is 9.12. The molecule has 15 atom stereocenters. The molecule has 57 heavy (non-hydrogen) atoms. The van der Waals surface area contributed by atoms with Crippen molar-refractivity contribution in [2.24, 2.45) is 0 Å². The van der Waals surface area contributed by atoms with Gasteiger partial charge in [0.05, 0.1) is 19.8 Å². The van der Waals surface area contributed by atoms with Gasteiger partial charge in [-0.25, -0.2) is 9.59 Å². The van der Waals surface area contributed by atoms with Crippen LogP contribution in [0.5, 0.6) is 0 Å². The van der Waals surface area contributed by atoms with E-state index < -0.39 is 124 Å². The third kappa shape index (κ3) is 13.3. The van der Waals surface area contributed by atoms with Crippen molar-refractivity contribution in [1.82, 2.24) is 0 Å². The monoisotopic (exact) mass is 814 g/mol. The number of carbonyl (C=O) groups is 2. The number of ether oxygens (including phenoxy) is 6. The summed E-state index contributed by atoms with van der Waals surface area (Å²) in [6, 6.07) is 0. The van der Waals surface area contributed by atoms with E-state index >= 15 is 0 Å². The molecule has 3 rings (SSSR count). The minimum absolute atomic E-state index is 0.0944. The Bertz CT molecular complexity index is 1550. The second kappa shape index (κ2) is 22.6. The molecule has 3 heterocycles. The summed E-state index contributed by atoms with van der Waals surface area (Å²) in [6.45, 7) is 4.59. The van der Waals surface area contributed by atoms with Gasteiger partial charge >= 0.3 is 11.9 Å². The Balaban J connectivity index is 1.48. The molecule has 3 aliphatic heterocycles. The number of aliphatic hydroxyl groups excluding tert-OH is 11. The normalized spacial score (nSPS) is 37.6. The van der Waals surface area contributed by atoms with Gasteiger partial charge in [0.15, 0.2) is 6.29 Å². The van der Waals surface area contributed by atoms with E-state index in [1.807, 2.05) is 6.92 Å². The highest BCUT2D eigenvalue weighted by Gasteiger charge is 2.48. The Morgan fingerprint density at radius 3 is 1.23 bits per heavy atom. The predicted octanol–water partition coefficient (Wildman–Crippen LogP) is -3.05. The highest BCUT2D eigenvalue weighted by Crippen LogP contribution is 2.27. The highest BCUT2D eigenvalue weighted by atomic mass is 16.7. The summed E-state index contributed by atoms with van der Waals surface area (Å²) >= 11 is 0. The van der Waals surface area contributed by atoms with Crippen LogP contribution in [0.3, 0.4) is 0 Å². The Morgan fingerprint density at radius 1 is 0.474 bits per heavy atom. The molecule has 0 aliphatic carbocycles. The second-order valence-electron chi connectivity index (χ2n) is 13.7. The Kier molecular flexibility index (Phi) is 19.0. The van der Waals surface area contributed by atoms with Crippen LogP contribution in [0.25, 0.3) is 0 Å². The van der Waals surface area contributed by atoms with Crippen LogP contribution in [0.1, 0.15) is 27.7 Å². The summed E-state index contributed by atoms with van der Waals surface area (Å²) in [5.41, 5.74) is 1.86. The van der Waals surface area contributed by atoms with E-state index in [-0.39, 0.29) is 11.1 Å². The van der Waals surface area contributed by atoms with Crippen molar-refractivity contribution in [3.8, 4) is 0 Å². The van der Waals surface area contributed by atoms with E-state index in [0.29, 0.717) is 0 Å². The molecule has 0 aromatic rings. The van der Waals surface area contributed by atoms with Gasteiger partial charge < -0.3 is 84.6 Å². The first kappa shape index (κ1) is 47.9. The lowest BCUT2D eigenvalue weighted by Crippen LogP contribution is -2.61. The molecule has 0 amide bonds. The topological polar surface area (TPSA) is 312 Å². The van der Waals surface area contributed by atoms with Crippen LogP contribution in [0, 0.1) is 0 Å². The zero-order chi connectivity index (χ0) is 42.6. The minimum atomic E-state index is -1.83. The number of allylic oxidation sites excluding steroid dienone is 12. The van der Waals surface area contributed by atoms with Gasteiger partial charge in [0, 0.05) is 11.1 Å². The van der Waals surface area contributed by atoms with Crippen molar-refractivity contribution in [3.05, 3.63) is 83.1 Å². The van der Waals surface area contributed by atoms with Crippen LogP contribution in [0.15, 0.2) is 83.1 Å². The van der Waals surface area contributed by atoms with Crippen LogP contribution in [-0.2, 0) is 38.0 Å². The van der Waals surface area contributed by atoms with Crippen LogP contribution in [0.4, 0.5) is 0 Å². The number of aliphatic hydroxyl groups is 11. The maximum atomic E-state index is 12.7. The second-order valence-corrected chi connectivity index (χ2v) is 13.7. The van der Waals surface area contributed by atoms with Gasteiger partial charge in [0.2, 0.25) is 12.6 Å². The average molecular weight is 815 g/mol. The fraction of sp³-hybridized carbons (Fsp3) is 0.579. The SMILES string of the molecule is CC(/C=C/C=C(\C)C(=O)O[C@@H]1O[C@H](CO[C@H]2O[C@@H](CO)[C@H](O)[C@@H](O)[C@@H]2O)[C@@H](O)[C@H](O)[C@H]1O)=C\C=C\C=C(C)\C=C\C=C(/C)C(=O)O[C@H]1O[C@H](CO)[C@@H](O)[C@H](O)[C@H]1O. The van der Waals surface area contributed by atoms with Crippen molar-refractivity contribution in [2.45, 2.75) is 120 Å². The quantitative estimate of drug-likeness (QED) is 0.0445. The molecule has 0 bridgehead atoms. The van der Waals surface area contributed by atoms with E-state index in [2.05, 4.69) is 0 Å². The smallest absolute Gasteiger partial charge is 0.336 e. The summed E-state index contributed by atoms with van der Waals surface area (Å²) < 4.78 is 31.6. The van der Waals surface area contributed by atoms with Gasteiger partial charge in [0.1, 0.15) is 73.2 Å². The van der Waals surface area contributed by atoms with Crippen molar-refractivity contribution in [3.63, 3.8) is 0 Å². The van der Waals surface area contributed by atoms with Gasteiger partial charge in [-0.2, -0.15) is 0 Å². The molecule has 3 fully saturated rings. The van der Waals surface area contributed by atoms with Crippen LogP contribution < -0.4 is 0 Å². The maximum Gasteiger partial charge on any atom is 0.336 e. The van der Waals surface area contributed by atoms with E-state index in [9.17, 15) is 65.8 Å². The van der Waals surface area contributed by atoms with E-state index in [0.717, 1.165) is 11.1 Å². The van der Waals surface area contributed by atoms with Crippen LogP contribution in [0.2, 0.25) is 0 Å². The molecule has 19 heteroatoms. The molecular weight excluding hydrogens is 760 g/mol. The molecule has 0 aromatic carbocycles.